The van der Waals surface area contributed by atoms with Crippen LogP contribution in [0.2, 0.25) is 0 Å². The number of rotatable bonds is 1. The highest BCUT2D eigenvalue weighted by Gasteiger charge is 2.22. The molecule has 1 aliphatic heterocycles. The van der Waals surface area contributed by atoms with Crippen LogP contribution < -0.4 is 5.32 Å². The number of fused-ring (bicyclic) bond motifs is 1. The van der Waals surface area contributed by atoms with Crippen molar-refractivity contribution in [2.75, 3.05) is 13.1 Å². The van der Waals surface area contributed by atoms with Gasteiger partial charge >= 0.3 is 0 Å². The van der Waals surface area contributed by atoms with E-state index in [9.17, 15) is 0 Å². The molecule has 0 saturated carbocycles. The van der Waals surface area contributed by atoms with E-state index in [-0.39, 0.29) is 0 Å². The van der Waals surface area contributed by atoms with Crippen LogP contribution in [0.15, 0.2) is 30.3 Å². The highest BCUT2D eigenvalue weighted by Crippen LogP contribution is 2.26. The monoisotopic (exact) mass is 186 g/mol. The van der Waals surface area contributed by atoms with Crippen LogP contribution in [-0.2, 0) is 7.05 Å². The molecule has 0 atom stereocenters. The Labute approximate surface area is 83.5 Å². The zero-order valence-corrected chi connectivity index (χ0v) is 8.33. The van der Waals surface area contributed by atoms with Gasteiger partial charge < -0.3 is 9.88 Å². The van der Waals surface area contributed by atoms with Crippen LogP contribution in [0.5, 0.6) is 0 Å². The van der Waals surface area contributed by atoms with Crippen LogP contribution in [0.4, 0.5) is 0 Å². The fraction of sp³-hybridized carbons (Fsp3) is 0.333. The topological polar surface area (TPSA) is 17.0 Å². The fourth-order valence-electron chi connectivity index (χ4n) is 2.20. The van der Waals surface area contributed by atoms with Crippen LogP contribution in [0.1, 0.15) is 11.6 Å². The second-order valence-corrected chi connectivity index (χ2v) is 4.04. The van der Waals surface area contributed by atoms with Crippen molar-refractivity contribution in [2.45, 2.75) is 5.92 Å². The quantitative estimate of drug-likeness (QED) is 0.719. The van der Waals surface area contributed by atoms with E-state index < -0.39 is 0 Å². The first kappa shape index (κ1) is 8.06. The molecule has 0 radical (unpaired) electrons. The zero-order valence-electron chi connectivity index (χ0n) is 8.33. The maximum atomic E-state index is 3.32. The highest BCUT2D eigenvalue weighted by molar-refractivity contribution is 5.81. The van der Waals surface area contributed by atoms with Gasteiger partial charge in [-0.05, 0) is 17.5 Å². The lowest BCUT2D eigenvalue weighted by atomic mass is 9.99. The fourth-order valence-corrected chi connectivity index (χ4v) is 2.20. The van der Waals surface area contributed by atoms with E-state index in [1.54, 1.807) is 0 Å². The summed E-state index contributed by atoms with van der Waals surface area (Å²) in [6.07, 6.45) is 0. The average molecular weight is 186 g/mol. The predicted molar refractivity (Wildman–Crippen MR) is 58.5 cm³/mol. The van der Waals surface area contributed by atoms with Gasteiger partial charge in [0, 0.05) is 37.3 Å². The van der Waals surface area contributed by atoms with Crippen molar-refractivity contribution < 1.29 is 0 Å². The molecule has 72 valence electrons. The van der Waals surface area contributed by atoms with Gasteiger partial charge in [-0.25, -0.2) is 0 Å². The second-order valence-electron chi connectivity index (χ2n) is 4.04. The van der Waals surface area contributed by atoms with Gasteiger partial charge in [0.1, 0.15) is 0 Å². The molecule has 1 saturated heterocycles. The third kappa shape index (κ3) is 1.01. The maximum Gasteiger partial charge on any atom is 0.0479 e. The molecule has 14 heavy (non-hydrogen) atoms. The van der Waals surface area contributed by atoms with Gasteiger partial charge in [0.2, 0.25) is 0 Å². The van der Waals surface area contributed by atoms with E-state index >= 15 is 0 Å². The Hall–Kier alpha value is -1.28. The molecular weight excluding hydrogens is 172 g/mol. The van der Waals surface area contributed by atoms with Crippen LogP contribution in [-0.4, -0.2) is 17.7 Å². The summed E-state index contributed by atoms with van der Waals surface area (Å²) in [5.41, 5.74) is 2.80. The zero-order chi connectivity index (χ0) is 9.54. The minimum absolute atomic E-state index is 0.715. The molecule has 1 fully saturated rings. The van der Waals surface area contributed by atoms with Crippen molar-refractivity contribution >= 4 is 10.9 Å². The summed E-state index contributed by atoms with van der Waals surface area (Å²) in [7, 11) is 2.16. The molecule has 2 aromatic rings. The van der Waals surface area contributed by atoms with E-state index in [2.05, 4.69) is 47.3 Å². The molecule has 1 aromatic carbocycles. The molecule has 1 aliphatic rings. The summed E-state index contributed by atoms with van der Waals surface area (Å²) >= 11 is 0. The Kier molecular flexibility index (Phi) is 1.64. The van der Waals surface area contributed by atoms with Crippen LogP contribution in [0.25, 0.3) is 10.9 Å². The lowest BCUT2D eigenvalue weighted by Crippen LogP contribution is -2.40. The van der Waals surface area contributed by atoms with Gasteiger partial charge in [-0.2, -0.15) is 0 Å². The Morgan fingerprint density at radius 3 is 2.71 bits per heavy atom. The van der Waals surface area contributed by atoms with E-state index in [0.717, 1.165) is 13.1 Å². The molecule has 0 aliphatic carbocycles. The number of aromatic nitrogens is 1. The number of benzene rings is 1. The molecule has 2 nitrogen and oxygen atoms in total. The van der Waals surface area contributed by atoms with Crippen molar-refractivity contribution in [3.8, 4) is 0 Å². The third-order valence-electron chi connectivity index (χ3n) is 3.19. The van der Waals surface area contributed by atoms with E-state index in [1.807, 2.05) is 0 Å². The Balaban J connectivity index is 2.19. The first-order chi connectivity index (χ1) is 6.86. The van der Waals surface area contributed by atoms with Gasteiger partial charge in [0.05, 0.1) is 0 Å². The van der Waals surface area contributed by atoms with Crippen molar-refractivity contribution in [3.63, 3.8) is 0 Å². The van der Waals surface area contributed by atoms with Gasteiger partial charge in [-0.3, -0.25) is 0 Å². The maximum absolute atomic E-state index is 3.32. The van der Waals surface area contributed by atoms with Crippen molar-refractivity contribution in [2.24, 2.45) is 7.05 Å². The summed E-state index contributed by atoms with van der Waals surface area (Å²) < 4.78 is 2.32. The Bertz CT molecular complexity index is 466. The normalized spacial score (nSPS) is 17.2. The summed E-state index contributed by atoms with van der Waals surface area (Å²) in [6, 6.07) is 10.9. The lowest BCUT2D eigenvalue weighted by Gasteiger charge is -2.27. The molecule has 1 aromatic heterocycles. The van der Waals surface area contributed by atoms with E-state index in [0.29, 0.717) is 5.92 Å². The molecule has 2 heterocycles. The summed E-state index contributed by atoms with van der Waals surface area (Å²) in [6.45, 7) is 2.26. The van der Waals surface area contributed by atoms with Crippen LogP contribution in [0, 0.1) is 0 Å². The lowest BCUT2D eigenvalue weighted by molar-refractivity contribution is 0.432. The van der Waals surface area contributed by atoms with Gasteiger partial charge in [-0.15, -0.1) is 0 Å². The average Bonchev–Trinajstić information content (AvgIpc) is 2.43. The standard InChI is InChI=1S/C12H14N2/c1-14-11-5-3-2-4-9(11)6-12(14)10-7-13-8-10/h2-6,10,13H,7-8H2,1H3. The minimum Gasteiger partial charge on any atom is -0.347 e. The molecule has 0 unspecified atom stereocenters. The SMILES string of the molecule is Cn1c(C2CNC2)cc2ccccc21. The van der Waals surface area contributed by atoms with E-state index in [1.165, 1.54) is 16.6 Å². The Morgan fingerprint density at radius 1 is 1.29 bits per heavy atom. The number of para-hydroxylation sites is 1. The molecule has 3 rings (SSSR count). The van der Waals surface area contributed by atoms with E-state index in [4.69, 9.17) is 0 Å². The van der Waals surface area contributed by atoms with Crippen LogP contribution in [0.3, 0.4) is 0 Å². The van der Waals surface area contributed by atoms with Gasteiger partial charge in [0.15, 0.2) is 0 Å². The molecule has 0 bridgehead atoms. The van der Waals surface area contributed by atoms with Crippen molar-refractivity contribution in [1.82, 2.24) is 9.88 Å². The molecule has 2 heteroatoms. The largest absolute Gasteiger partial charge is 0.347 e. The first-order valence-corrected chi connectivity index (χ1v) is 5.11. The number of nitrogens with zero attached hydrogens (tertiary/aromatic N) is 1. The number of hydrogen-bond acceptors (Lipinski definition) is 1. The molecule has 1 N–H and O–H groups in total. The molecule has 0 amide bonds. The summed E-state index contributed by atoms with van der Waals surface area (Å²) in [5.74, 6) is 0.715. The predicted octanol–water partition coefficient (Wildman–Crippen LogP) is 1.87. The van der Waals surface area contributed by atoms with Crippen molar-refractivity contribution in [3.05, 3.63) is 36.0 Å². The summed E-state index contributed by atoms with van der Waals surface area (Å²) in [5, 5.41) is 4.68. The number of hydrogen-bond donors (Lipinski definition) is 1. The van der Waals surface area contributed by atoms with Gasteiger partial charge in [-0.1, -0.05) is 18.2 Å². The first-order valence-electron chi connectivity index (χ1n) is 5.11. The minimum atomic E-state index is 0.715. The summed E-state index contributed by atoms with van der Waals surface area (Å²) in [4.78, 5) is 0. The highest BCUT2D eigenvalue weighted by atomic mass is 15.0. The molecule has 0 spiro atoms. The second kappa shape index (κ2) is 2.85. The number of aryl methyl sites for hydroxylation is 1. The third-order valence-corrected chi connectivity index (χ3v) is 3.19. The van der Waals surface area contributed by atoms with Crippen LogP contribution >= 0.6 is 0 Å². The van der Waals surface area contributed by atoms with Gasteiger partial charge in [0.25, 0.3) is 0 Å². The Morgan fingerprint density at radius 2 is 2.07 bits per heavy atom. The molecular formula is C12H14N2. The smallest absolute Gasteiger partial charge is 0.0479 e. The number of nitrogens with one attached hydrogen (secondary N) is 1. The van der Waals surface area contributed by atoms with Crippen molar-refractivity contribution in [1.29, 1.82) is 0 Å².